The summed E-state index contributed by atoms with van der Waals surface area (Å²) in [7, 11) is 1.57. The van der Waals surface area contributed by atoms with Gasteiger partial charge >= 0.3 is 5.63 Å². The first-order chi connectivity index (χ1) is 21.7. The predicted molar refractivity (Wildman–Crippen MR) is 170 cm³/mol. The minimum absolute atomic E-state index is 0.0581. The SMILES string of the molecule is COc1ccc(-c2cc3cc(C(c4c[nH]c5ccc([N+](=O)[O-])cc45)c4c[nH]c5ccc([N+](=O)[O-])cc45)cc(C)c3oc2=O)cc1. The van der Waals surface area contributed by atoms with Crippen LogP contribution >= 0.6 is 0 Å². The Morgan fingerprint density at radius 1 is 0.778 bits per heavy atom. The number of rotatable bonds is 7. The van der Waals surface area contributed by atoms with E-state index in [2.05, 4.69) is 9.97 Å². The van der Waals surface area contributed by atoms with Crippen molar-refractivity contribution >= 4 is 44.1 Å². The van der Waals surface area contributed by atoms with Gasteiger partial charge in [-0.3, -0.25) is 20.2 Å². The van der Waals surface area contributed by atoms with E-state index in [0.29, 0.717) is 55.2 Å². The molecule has 0 aliphatic heterocycles. The molecule has 0 atom stereocenters. The molecule has 0 spiro atoms. The molecule has 222 valence electrons. The van der Waals surface area contributed by atoms with E-state index in [1.807, 2.05) is 31.5 Å². The first kappa shape index (κ1) is 27.6. The number of aromatic nitrogens is 2. The maximum absolute atomic E-state index is 13.1. The van der Waals surface area contributed by atoms with Gasteiger partial charge in [0.15, 0.2) is 0 Å². The fraction of sp³-hybridized carbons (Fsp3) is 0.0882. The Balaban J connectivity index is 1.50. The number of fused-ring (bicyclic) bond motifs is 3. The van der Waals surface area contributed by atoms with Gasteiger partial charge in [-0.25, -0.2) is 4.79 Å². The van der Waals surface area contributed by atoms with Crippen molar-refractivity contribution in [1.82, 2.24) is 9.97 Å². The molecule has 11 nitrogen and oxygen atoms in total. The molecule has 7 rings (SSSR count). The Bertz CT molecular complexity index is 2280. The smallest absolute Gasteiger partial charge is 0.344 e. The second kappa shape index (κ2) is 10.5. The zero-order valence-electron chi connectivity index (χ0n) is 24.0. The highest BCUT2D eigenvalue weighted by atomic mass is 16.6. The summed E-state index contributed by atoms with van der Waals surface area (Å²) >= 11 is 0. The van der Waals surface area contributed by atoms with Gasteiger partial charge in [0.25, 0.3) is 11.4 Å². The van der Waals surface area contributed by atoms with Crippen molar-refractivity contribution in [3.63, 3.8) is 0 Å². The van der Waals surface area contributed by atoms with E-state index in [-0.39, 0.29) is 11.4 Å². The van der Waals surface area contributed by atoms with Gasteiger partial charge in [-0.15, -0.1) is 0 Å². The van der Waals surface area contributed by atoms with Crippen molar-refractivity contribution < 1.29 is 19.0 Å². The molecule has 45 heavy (non-hydrogen) atoms. The Hall–Kier alpha value is -6.23. The molecule has 2 N–H and O–H groups in total. The minimum atomic E-state index is -0.518. The normalized spacial score (nSPS) is 11.5. The third-order valence-electron chi connectivity index (χ3n) is 8.21. The van der Waals surface area contributed by atoms with E-state index in [9.17, 15) is 25.0 Å². The van der Waals surface area contributed by atoms with Crippen molar-refractivity contribution in [3.05, 3.63) is 144 Å². The molecule has 0 unspecified atom stereocenters. The van der Waals surface area contributed by atoms with Gasteiger partial charge in [-0.1, -0.05) is 18.2 Å². The van der Waals surface area contributed by atoms with Gasteiger partial charge in [0.1, 0.15) is 11.3 Å². The lowest BCUT2D eigenvalue weighted by Gasteiger charge is -2.19. The summed E-state index contributed by atoms with van der Waals surface area (Å²) in [6, 6.07) is 22.0. The van der Waals surface area contributed by atoms with Gasteiger partial charge < -0.3 is 19.1 Å². The van der Waals surface area contributed by atoms with Crippen LogP contribution in [0.1, 0.15) is 28.2 Å². The molecule has 7 aromatic rings. The van der Waals surface area contributed by atoms with Crippen LogP contribution in [0.4, 0.5) is 11.4 Å². The number of nitro benzene ring substituents is 2. The van der Waals surface area contributed by atoms with Crippen LogP contribution in [-0.4, -0.2) is 26.9 Å². The number of H-pyrrole nitrogens is 2. The van der Waals surface area contributed by atoms with Crippen molar-refractivity contribution in [2.75, 3.05) is 7.11 Å². The third-order valence-corrected chi connectivity index (χ3v) is 8.21. The molecule has 0 fully saturated rings. The van der Waals surface area contributed by atoms with Crippen LogP contribution in [0.25, 0.3) is 43.9 Å². The molecule has 0 saturated heterocycles. The number of ether oxygens (including phenoxy) is 1. The van der Waals surface area contributed by atoms with Gasteiger partial charge in [-0.05, 0) is 71.1 Å². The number of nitrogens with zero attached hydrogens (tertiary/aromatic N) is 2. The lowest BCUT2D eigenvalue weighted by atomic mass is 9.83. The van der Waals surface area contributed by atoms with Crippen LogP contribution < -0.4 is 10.4 Å². The zero-order valence-corrected chi connectivity index (χ0v) is 24.0. The average Bonchev–Trinajstić information content (AvgIpc) is 3.65. The molecule has 0 amide bonds. The Kier molecular flexibility index (Phi) is 6.43. The molecule has 0 bridgehead atoms. The van der Waals surface area contributed by atoms with E-state index in [0.717, 1.165) is 16.7 Å². The third kappa shape index (κ3) is 4.67. The first-order valence-corrected chi connectivity index (χ1v) is 14.0. The van der Waals surface area contributed by atoms with E-state index in [1.54, 1.807) is 49.6 Å². The lowest BCUT2D eigenvalue weighted by molar-refractivity contribution is -0.384. The maximum Gasteiger partial charge on any atom is 0.344 e. The fourth-order valence-electron chi connectivity index (χ4n) is 6.07. The van der Waals surface area contributed by atoms with Crippen LogP contribution in [0.2, 0.25) is 0 Å². The summed E-state index contributed by atoms with van der Waals surface area (Å²) in [5.41, 5.74) is 5.29. The summed E-state index contributed by atoms with van der Waals surface area (Å²) < 4.78 is 11.1. The topological polar surface area (TPSA) is 157 Å². The maximum atomic E-state index is 13.1. The second-order valence-electron chi connectivity index (χ2n) is 10.8. The van der Waals surface area contributed by atoms with E-state index in [1.165, 1.54) is 24.3 Å². The molecule has 0 aliphatic rings. The highest BCUT2D eigenvalue weighted by molar-refractivity contribution is 5.92. The highest BCUT2D eigenvalue weighted by Crippen LogP contribution is 2.42. The highest BCUT2D eigenvalue weighted by Gasteiger charge is 2.26. The molecule has 0 radical (unpaired) electrons. The average molecular weight is 601 g/mol. The number of benzene rings is 4. The molecule has 3 heterocycles. The quantitative estimate of drug-likeness (QED) is 0.108. The van der Waals surface area contributed by atoms with Crippen LogP contribution in [0.15, 0.2) is 100 Å². The number of nitrogens with one attached hydrogen (secondary N) is 2. The predicted octanol–water partition coefficient (Wildman–Crippen LogP) is 7.74. The summed E-state index contributed by atoms with van der Waals surface area (Å²) in [5.74, 6) is 0.138. The Morgan fingerprint density at radius 2 is 1.36 bits per heavy atom. The largest absolute Gasteiger partial charge is 0.497 e. The van der Waals surface area contributed by atoms with Gasteiger partial charge in [0, 0.05) is 69.8 Å². The Labute approximate surface area is 254 Å². The van der Waals surface area contributed by atoms with Crippen molar-refractivity contribution in [2.45, 2.75) is 12.8 Å². The zero-order chi connectivity index (χ0) is 31.4. The Morgan fingerprint density at radius 3 is 1.89 bits per heavy atom. The molecule has 0 saturated carbocycles. The lowest BCUT2D eigenvalue weighted by Crippen LogP contribution is -2.06. The van der Waals surface area contributed by atoms with Crippen LogP contribution in [-0.2, 0) is 0 Å². The van der Waals surface area contributed by atoms with Crippen molar-refractivity contribution in [3.8, 4) is 16.9 Å². The molecule has 11 heteroatoms. The molecular weight excluding hydrogens is 576 g/mol. The first-order valence-electron chi connectivity index (χ1n) is 14.0. The van der Waals surface area contributed by atoms with E-state index >= 15 is 0 Å². The number of hydrogen-bond donors (Lipinski definition) is 2. The summed E-state index contributed by atoms with van der Waals surface area (Å²) in [6.07, 6.45) is 3.62. The summed E-state index contributed by atoms with van der Waals surface area (Å²) in [6.45, 7) is 1.85. The van der Waals surface area contributed by atoms with Crippen LogP contribution in [0.5, 0.6) is 5.75 Å². The van der Waals surface area contributed by atoms with Gasteiger partial charge in [0.05, 0.1) is 22.5 Å². The number of methoxy groups -OCH3 is 1. The van der Waals surface area contributed by atoms with Crippen molar-refractivity contribution in [1.29, 1.82) is 0 Å². The fourth-order valence-corrected chi connectivity index (χ4v) is 6.07. The molecular formula is C34H24N4O7. The van der Waals surface area contributed by atoms with Gasteiger partial charge in [-0.2, -0.15) is 0 Å². The van der Waals surface area contributed by atoms with Crippen LogP contribution in [0.3, 0.4) is 0 Å². The standard InChI is InChI=1S/C34H24N4O7/c1-18-11-20(12-21-13-25(34(39)45-33(18)21)19-3-7-24(44-2)8-4-19)32(28-16-35-30-9-5-22(37(40)41)14-26(28)30)29-17-36-31-10-6-23(38(42)43)15-27(29)31/h3-17,32,35-36H,1-2H3. The van der Waals surface area contributed by atoms with Crippen LogP contribution in [0, 0.1) is 27.2 Å². The number of nitro groups is 2. The number of aryl methyl sites for hydroxylation is 1. The monoisotopic (exact) mass is 600 g/mol. The molecule has 4 aromatic carbocycles. The molecule has 3 aromatic heterocycles. The van der Waals surface area contributed by atoms with E-state index < -0.39 is 21.4 Å². The summed E-state index contributed by atoms with van der Waals surface area (Å²) in [5, 5.41) is 25.4. The number of hydrogen-bond acceptors (Lipinski definition) is 7. The molecule has 0 aliphatic carbocycles. The van der Waals surface area contributed by atoms with Crippen molar-refractivity contribution in [2.24, 2.45) is 0 Å². The minimum Gasteiger partial charge on any atom is -0.497 e. The number of non-ortho nitro benzene ring substituents is 2. The van der Waals surface area contributed by atoms with Gasteiger partial charge in [0.2, 0.25) is 0 Å². The second-order valence-corrected chi connectivity index (χ2v) is 10.8. The number of aromatic amines is 2. The summed E-state index contributed by atoms with van der Waals surface area (Å²) in [4.78, 5) is 42.1. The van der Waals surface area contributed by atoms with E-state index in [4.69, 9.17) is 9.15 Å².